The Labute approximate surface area is 229 Å². The summed E-state index contributed by atoms with van der Waals surface area (Å²) >= 11 is 0. The van der Waals surface area contributed by atoms with Crippen molar-refractivity contribution in [2.45, 2.75) is 31.7 Å². The first kappa shape index (κ1) is 25.4. The van der Waals surface area contributed by atoms with Crippen molar-refractivity contribution in [3.05, 3.63) is 70.8 Å². The molecule has 4 heterocycles. The fraction of sp³-hybridized carbons (Fsp3) is 0.433. The van der Waals surface area contributed by atoms with Crippen LogP contribution in [-0.2, 0) is 13.0 Å². The monoisotopic (exact) mass is 527 g/mol. The third-order valence-electron chi connectivity index (χ3n) is 8.56. The molecular formula is C30H37N7O2. The lowest BCUT2D eigenvalue weighted by atomic mass is 9.88. The van der Waals surface area contributed by atoms with Crippen molar-refractivity contribution < 1.29 is 9.90 Å². The zero-order valence-corrected chi connectivity index (χ0v) is 22.6. The van der Waals surface area contributed by atoms with Crippen LogP contribution in [0, 0.1) is 0 Å². The summed E-state index contributed by atoms with van der Waals surface area (Å²) in [5.41, 5.74) is 11.8. The molecule has 9 heteroatoms. The molecule has 204 valence electrons. The maximum absolute atomic E-state index is 11.2. The molecule has 3 aliphatic rings. The number of piperidine rings is 1. The Morgan fingerprint density at radius 1 is 0.821 bits per heavy atom. The quantitative estimate of drug-likeness (QED) is 0.516. The lowest BCUT2D eigenvalue weighted by Crippen LogP contribution is -2.45. The zero-order chi connectivity index (χ0) is 26.9. The summed E-state index contributed by atoms with van der Waals surface area (Å²) in [4.78, 5) is 29.8. The van der Waals surface area contributed by atoms with Crippen molar-refractivity contribution in [2.24, 2.45) is 0 Å². The number of nitrogen functional groups attached to an aromatic ring is 1. The number of aromatic carboxylic acids is 1. The van der Waals surface area contributed by atoms with Gasteiger partial charge in [-0.25, -0.2) is 4.79 Å². The lowest BCUT2D eigenvalue weighted by molar-refractivity contribution is 0.0697. The number of benzene rings is 2. The van der Waals surface area contributed by atoms with Gasteiger partial charge in [-0.05, 0) is 73.2 Å². The summed E-state index contributed by atoms with van der Waals surface area (Å²) in [6.07, 6.45) is 3.10. The predicted molar refractivity (Wildman–Crippen MR) is 155 cm³/mol. The molecule has 0 saturated carbocycles. The van der Waals surface area contributed by atoms with E-state index in [4.69, 9.17) is 5.73 Å². The fourth-order valence-electron chi connectivity index (χ4n) is 6.10. The molecule has 6 rings (SSSR count). The van der Waals surface area contributed by atoms with E-state index >= 15 is 0 Å². The molecule has 2 aromatic carbocycles. The largest absolute Gasteiger partial charge is 0.478 e. The van der Waals surface area contributed by atoms with Gasteiger partial charge in [0.05, 0.1) is 5.56 Å². The van der Waals surface area contributed by atoms with Gasteiger partial charge in [-0.3, -0.25) is 0 Å². The number of rotatable bonds is 5. The first-order valence-corrected chi connectivity index (χ1v) is 14.0. The molecular weight excluding hydrogens is 490 g/mol. The van der Waals surface area contributed by atoms with E-state index < -0.39 is 5.97 Å². The van der Waals surface area contributed by atoms with E-state index in [2.05, 4.69) is 60.9 Å². The Morgan fingerprint density at radius 2 is 1.51 bits per heavy atom. The van der Waals surface area contributed by atoms with Crippen molar-refractivity contribution in [1.29, 1.82) is 0 Å². The summed E-state index contributed by atoms with van der Waals surface area (Å²) in [7, 11) is 2.15. The number of hydrogen-bond donors (Lipinski definition) is 2. The standard InChI is InChI=1S/C30H37N7O2/c1-34-14-16-36(17-15-34)27-19-28(33-30(31)32-27)37-13-10-22-6-7-26(18-25(22)20-37)35-11-8-23(9-12-35)21-2-4-24(5-3-21)29(38)39/h2-7,18-19,23H,8-17,20H2,1H3,(H,38,39)(H2,31,32,33). The van der Waals surface area contributed by atoms with Gasteiger partial charge in [-0.15, -0.1) is 0 Å². The average Bonchev–Trinajstić information content (AvgIpc) is 2.97. The van der Waals surface area contributed by atoms with Crippen LogP contribution in [0.25, 0.3) is 0 Å². The van der Waals surface area contributed by atoms with Gasteiger partial charge < -0.3 is 30.4 Å². The topological polar surface area (TPSA) is 102 Å². The van der Waals surface area contributed by atoms with E-state index in [9.17, 15) is 9.90 Å². The van der Waals surface area contributed by atoms with Crippen LogP contribution in [0.5, 0.6) is 0 Å². The van der Waals surface area contributed by atoms with E-state index in [0.717, 1.165) is 83.3 Å². The summed E-state index contributed by atoms with van der Waals surface area (Å²) in [6.45, 7) is 7.65. The molecule has 3 aliphatic heterocycles. The number of anilines is 4. The maximum Gasteiger partial charge on any atom is 0.335 e. The Morgan fingerprint density at radius 3 is 2.21 bits per heavy atom. The molecule has 9 nitrogen and oxygen atoms in total. The minimum absolute atomic E-state index is 0.335. The van der Waals surface area contributed by atoms with Gasteiger partial charge in [0, 0.05) is 64.1 Å². The highest BCUT2D eigenvalue weighted by molar-refractivity contribution is 5.87. The fourth-order valence-corrected chi connectivity index (χ4v) is 6.10. The van der Waals surface area contributed by atoms with E-state index in [0.29, 0.717) is 17.4 Å². The number of carboxylic acids is 1. The molecule has 2 fully saturated rings. The summed E-state index contributed by atoms with van der Waals surface area (Å²) < 4.78 is 0. The second-order valence-corrected chi connectivity index (χ2v) is 11.0. The van der Waals surface area contributed by atoms with E-state index in [1.807, 2.05) is 12.1 Å². The molecule has 0 amide bonds. The molecule has 39 heavy (non-hydrogen) atoms. The van der Waals surface area contributed by atoms with Crippen molar-refractivity contribution in [2.75, 3.05) is 73.3 Å². The van der Waals surface area contributed by atoms with E-state index in [1.54, 1.807) is 12.1 Å². The van der Waals surface area contributed by atoms with Crippen LogP contribution < -0.4 is 20.4 Å². The number of carboxylic acid groups (broad SMARTS) is 1. The number of aromatic nitrogens is 2. The SMILES string of the molecule is CN1CCN(c2cc(N3CCc4ccc(N5CCC(c6ccc(C(=O)O)cc6)CC5)cc4C3)nc(N)n2)CC1. The van der Waals surface area contributed by atoms with Gasteiger partial charge in [0.15, 0.2) is 0 Å². The Bertz CT molecular complexity index is 1330. The first-order chi connectivity index (χ1) is 18.9. The molecule has 3 aromatic rings. The number of fused-ring (bicyclic) bond motifs is 1. The van der Waals surface area contributed by atoms with Crippen molar-refractivity contribution in [3.8, 4) is 0 Å². The molecule has 0 bridgehead atoms. The third-order valence-corrected chi connectivity index (χ3v) is 8.56. The van der Waals surface area contributed by atoms with Crippen LogP contribution in [0.3, 0.4) is 0 Å². The van der Waals surface area contributed by atoms with Crippen LogP contribution in [-0.4, -0.2) is 78.8 Å². The second-order valence-electron chi connectivity index (χ2n) is 11.0. The zero-order valence-electron chi connectivity index (χ0n) is 22.6. The van der Waals surface area contributed by atoms with Gasteiger partial charge in [0.1, 0.15) is 11.6 Å². The first-order valence-electron chi connectivity index (χ1n) is 14.0. The van der Waals surface area contributed by atoms with Crippen molar-refractivity contribution in [3.63, 3.8) is 0 Å². The van der Waals surface area contributed by atoms with Gasteiger partial charge in [0.2, 0.25) is 5.95 Å². The maximum atomic E-state index is 11.2. The average molecular weight is 528 g/mol. The minimum Gasteiger partial charge on any atom is -0.478 e. The highest BCUT2D eigenvalue weighted by atomic mass is 16.4. The highest BCUT2D eigenvalue weighted by Crippen LogP contribution is 2.33. The smallest absolute Gasteiger partial charge is 0.335 e. The normalized spacial score (nSPS) is 18.7. The molecule has 1 aromatic heterocycles. The Balaban J connectivity index is 1.13. The summed E-state index contributed by atoms with van der Waals surface area (Å²) in [6, 6.07) is 16.4. The molecule has 0 radical (unpaired) electrons. The minimum atomic E-state index is -0.874. The third kappa shape index (κ3) is 5.49. The van der Waals surface area contributed by atoms with Gasteiger partial charge in [-0.2, -0.15) is 9.97 Å². The highest BCUT2D eigenvalue weighted by Gasteiger charge is 2.25. The second kappa shape index (κ2) is 10.7. The molecule has 0 unspecified atom stereocenters. The van der Waals surface area contributed by atoms with Crippen LogP contribution in [0.4, 0.5) is 23.3 Å². The Hall–Kier alpha value is -3.85. The molecule has 3 N–H and O–H groups in total. The summed E-state index contributed by atoms with van der Waals surface area (Å²) in [5, 5.41) is 9.17. The van der Waals surface area contributed by atoms with Crippen molar-refractivity contribution in [1.82, 2.24) is 14.9 Å². The lowest BCUT2D eigenvalue weighted by Gasteiger charge is -2.36. The molecule has 2 saturated heterocycles. The van der Waals surface area contributed by atoms with E-state index in [1.165, 1.54) is 22.4 Å². The van der Waals surface area contributed by atoms with Crippen LogP contribution >= 0.6 is 0 Å². The molecule has 0 aliphatic carbocycles. The van der Waals surface area contributed by atoms with Crippen LogP contribution in [0.2, 0.25) is 0 Å². The number of hydrogen-bond acceptors (Lipinski definition) is 8. The van der Waals surface area contributed by atoms with Crippen LogP contribution in [0.15, 0.2) is 48.5 Å². The van der Waals surface area contributed by atoms with E-state index in [-0.39, 0.29) is 0 Å². The number of nitrogens with zero attached hydrogens (tertiary/aromatic N) is 6. The van der Waals surface area contributed by atoms with Crippen molar-refractivity contribution >= 4 is 29.2 Å². The molecule has 0 spiro atoms. The molecule has 0 atom stereocenters. The number of piperazine rings is 1. The van der Waals surface area contributed by atoms with Crippen LogP contribution in [0.1, 0.15) is 45.8 Å². The van der Waals surface area contributed by atoms with Gasteiger partial charge >= 0.3 is 5.97 Å². The van der Waals surface area contributed by atoms with Gasteiger partial charge in [-0.1, -0.05) is 18.2 Å². The predicted octanol–water partition coefficient (Wildman–Crippen LogP) is 3.46. The Kier molecular flexibility index (Phi) is 6.99. The summed E-state index contributed by atoms with van der Waals surface area (Å²) in [5.74, 6) is 1.75. The number of carbonyl (C=O) groups is 1. The number of nitrogens with two attached hydrogens (primary N) is 1. The van der Waals surface area contributed by atoms with Gasteiger partial charge in [0.25, 0.3) is 0 Å². The number of likely N-dealkylation sites (N-methyl/N-ethyl adjacent to an activating group) is 1.